The van der Waals surface area contributed by atoms with Gasteiger partial charge in [0.15, 0.2) is 34.1 Å². The Morgan fingerprint density at radius 2 is 0.664 bits per heavy atom. The fourth-order valence-electron chi connectivity index (χ4n) is 14.7. The molecule has 0 saturated heterocycles. The Morgan fingerprint density at radius 3 is 0.961 bits per heavy atom. The average Bonchev–Trinajstić information content (AvgIpc) is 1.63. The topological polar surface area (TPSA) is 268 Å². The molecule has 0 unspecified atom stereocenters. The van der Waals surface area contributed by atoms with E-state index in [1.54, 1.807) is 18.6 Å². The number of carbonyl (C=O) groups excluding carboxylic acids is 3. The molecule has 21 heteroatoms. The predicted molar refractivity (Wildman–Crippen MR) is 501 cm³/mol. The number of furan rings is 6. The maximum absolute atomic E-state index is 10.0. The van der Waals surface area contributed by atoms with Crippen molar-refractivity contribution in [2.75, 3.05) is 0 Å². The molecule has 0 spiro atoms. The third kappa shape index (κ3) is 22.8. The predicted octanol–water partition coefficient (Wildman–Crippen LogP) is 28.4. The number of fused-ring (bicyclic) bond motifs is 12. The van der Waals surface area contributed by atoms with E-state index in [1.165, 1.54) is 93.2 Å². The van der Waals surface area contributed by atoms with Crippen LogP contribution >= 0.6 is 0 Å². The zero-order valence-electron chi connectivity index (χ0n) is 75.8. The number of aryl methyl sites for hydroxylation is 5. The molecule has 12 aromatic heterocycles. The van der Waals surface area contributed by atoms with E-state index >= 15 is 0 Å². The van der Waals surface area contributed by atoms with Gasteiger partial charge in [-0.15, -0.1) is 54.6 Å². The third-order valence-electron chi connectivity index (χ3n) is 21.0. The Morgan fingerprint density at radius 1 is 0.359 bits per heavy atom. The van der Waals surface area contributed by atoms with Crippen molar-refractivity contribution in [2.24, 2.45) is 0 Å². The number of aliphatic hydroxyl groups is 3. The number of aromatic nitrogens is 6. The first-order chi connectivity index (χ1) is 59.1. The molecule has 18 aromatic rings. The standard InChI is InChI=1S/C33H31N2O2.C31H27N2O2.C28H21N2O2.3C5H8O2.3Ir/c1-19-11-12-25-24-9-8-10-26(30(24)37-31(25)35-19)27-15-21-16-28(36-29(21)18-34-27)20-13-22(32(2,3)4)17-23(14-20)33(5,6)7;1-17-12-21(31(4,5)6)13-18(2)28(17)26-15-20-14-25(32-16-27(20)34-26)24-9-7-8-22-23-11-10-19(3)33-30(23)35-29(22)24;1-16(2)18-8-10-19(11-9-18)25-14-20-13-24(29-15-26(20)31-25)23-6-4-5-21-22-12-7-17(3)30-28(22)32-27(21)23;3*1-4(6)3-5(2)7;;;/h8-9,11-18H,1-7H3;7-8,10-16H,1-6H3;4-5,7-16H,1-3H3;3*3,6H,1-2H3;;;/q3*-1;;;;;;. The quantitative estimate of drug-likeness (QED) is 0.0652. The van der Waals surface area contributed by atoms with Gasteiger partial charge in [0.05, 0.1) is 52.6 Å². The van der Waals surface area contributed by atoms with E-state index < -0.39 is 0 Å². The first-order valence-electron chi connectivity index (χ1n) is 41.4. The van der Waals surface area contributed by atoms with Gasteiger partial charge in [-0.1, -0.05) is 170 Å². The van der Waals surface area contributed by atoms with Crippen molar-refractivity contribution in [2.45, 2.75) is 174 Å². The van der Waals surface area contributed by atoms with E-state index in [0.29, 0.717) is 23.1 Å². The van der Waals surface area contributed by atoms with Gasteiger partial charge in [-0.2, -0.15) is 0 Å². The van der Waals surface area contributed by atoms with Crippen LogP contribution in [0.3, 0.4) is 0 Å². The minimum Gasteiger partial charge on any atom is -0.512 e. The van der Waals surface area contributed by atoms with Crippen molar-refractivity contribution in [3.8, 4) is 67.7 Å². The van der Waals surface area contributed by atoms with Crippen LogP contribution in [0.1, 0.15) is 174 Å². The van der Waals surface area contributed by atoms with Crippen molar-refractivity contribution in [3.05, 3.63) is 287 Å². The zero-order valence-corrected chi connectivity index (χ0v) is 83.0. The number of pyridine rings is 6. The van der Waals surface area contributed by atoms with Crippen molar-refractivity contribution < 1.29 is 117 Å². The maximum Gasteiger partial charge on any atom is 0.216 e. The van der Waals surface area contributed by atoms with Gasteiger partial charge in [-0.3, -0.25) is 14.4 Å². The van der Waals surface area contributed by atoms with Crippen molar-refractivity contribution in [1.29, 1.82) is 0 Å². The third-order valence-corrected chi connectivity index (χ3v) is 21.0. The summed E-state index contributed by atoms with van der Waals surface area (Å²) in [5, 5.41) is 34.1. The summed E-state index contributed by atoms with van der Waals surface area (Å²) in [5.74, 6) is 2.85. The molecule has 0 bridgehead atoms. The van der Waals surface area contributed by atoms with Crippen LogP contribution in [0.4, 0.5) is 0 Å². The fourth-order valence-corrected chi connectivity index (χ4v) is 14.7. The van der Waals surface area contributed by atoms with Crippen LogP contribution in [0.15, 0.2) is 244 Å². The summed E-state index contributed by atoms with van der Waals surface area (Å²) in [6.07, 6.45) is 8.86. The molecule has 3 radical (unpaired) electrons. The monoisotopic (exact) mass is 2240 g/mol. The second kappa shape index (κ2) is 40.4. The van der Waals surface area contributed by atoms with Crippen molar-refractivity contribution in [1.82, 2.24) is 29.9 Å². The molecule has 18 nitrogen and oxygen atoms in total. The summed E-state index contributed by atoms with van der Waals surface area (Å²) < 4.78 is 37.2. The maximum atomic E-state index is 10.0. The number of benzene rings is 6. The fraction of sp³-hybridized carbons (Fsp3) is 0.243. The van der Waals surface area contributed by atoms with Crippen molar-refractivity contribution >= 4 is 116 Å². The second-order valence-corrected chi connectivity index (χ2v) is 35.2. The van der Waals surface area contributed by atoms with Gasteiger partial charge in [0.25, 0.3) is 0 Å². The number of allylic oxidation sites excluding steroid dienone is 6. The summed E-state index contributed by atoms with van der Waals surface area (Å²) in [6.45, 7) is 43.4. The molecule has 663 valence electrons. The molecular weight excluding hydrogens is 2140 g/mol. The largest absolute Gasteiger partial charge is 0.512 e. The summed E-state index contributed by atoms with van der Waals surface area (Å²) in [7, 11) is 0. The first kappa shape index (κ1) is 98.0. The molecule has 0 aliphatic rings. The van der Waals surface area contributed by atoms with Gasteiger partial charge in [-0.05, 0) is 216 Å². The summed E-state index contributed by atoms with van der Waals surface area (Å²) >= 11 is 0. The summed E-state index contributed by atoms with van der Waals surface area (Å²) in [6, 6.07) is 66.3. The number of hydrogen-bond acceptors (Lipinski definition) is 18. The molecule has 0 aliphatic carbocycles. The zero-order chi connectivity index (χ0) is 90.0. The molecule has 12 heterocycles. The Hall–Kier alpha value is -12.2. The number of nitrogens with zero attached hydrogens (tertiary/aromatic N) is 6. The van der Waals surface area contributed by atoms with Crippen LogP contribution in [-0.4, -0.2) is 62.6 Å². The average molecular weight is 2240 g/mol. The summed E-state index contributed by atoms with van der Waals surface area (Å²) in [4.78, 5) is 57.8. The molecular formula is C107H103Ir3N6O12-3. The van der Waals surface area contributed by atoms with Crippen LogP contribution in [0, 0.1) is 52.8 Å². The van der Waals surface area contributed by atoms with E-state index in [9.17, 15) is 14.4 Å². The van der Waals surface area contributed by atoms with E-state index in [2.05, 4.69) is 225 Å². The number of aliphatic hydroxyl groups excluding tert-OH is 3. The van der Waals surface area contributed by atoms with E-state index in [1.807, 2.05) is 87.5 Å². The molecule has 0 fully saturated rings. The van der Waals surface area contributed by atoms with Crippen LogP contribution in [-0.2, 0) is 90.9 Å². The molecule has 18 rings (SSSR count). The van der Waals surface area contributed by atoms with E-state index in [4.69, 9.17) is 51.8 Å². The molecule has 0 amide bonds. The normalized spacial score (nSPS) is 11.9. The van der Waals surface area contributed by atoms with Gasteiger partial charge < -0.3 is 56.8 Å². The SMILES string of the molecule is CC(=O)C=C(C)O.CC(=O)C=C(C)O.CC(=O)C=C(C)O.Cc1ccc2c(n1)oc1c(-c3cc4cc(-c5c(C)cc(C(C)(C)C)cc5C)oc4cn3)[c-]ccc12.Cc1ccc2c(n1)oc1c(-c3cc4cc(-c5cc(C(C)(C)C)cc(C(C)(C)C)c5)oc4cn3)[c-]ccc12.Cc1ccc2c(n1)oc1c(-c3cc4cc(-c5ccc(C(C)C)cc5)oc4cn3)[c-]ccc12.[Ir].[Ir].[Ir]. The molecule has 0 atom stereocenters. The molecule has 3 N–H and O–H groups in total. The first-order valence-corrected chi connectivity index (χ1v) is 41.4. The summed E-state index contributed by atoms with van der Waals surface area (Å²) in [5.41, 5.74) is 25.2. The number of rotatable bonds is 10. The van der Waals surface area contributed by atoms with Gasteiger partial charge >= 0.3 is 0 Å². The number of hydrogen-bond donors (Lipinski definition) is 3. The number of carbonyl (C=O) groups is 3. The van der Waals surface area contributed by atoms with Gasteiger partial charge in [0, 0.05) is 145 Å². The Labute approximate surface area is 785 Å². The van der Waals surface area contributed by atoms with Gasteiger partial charge in [-0.25, -0.2) is 15.0 Å². The minimum atomic E-state index is -0.125. The van der Waals surface area contributed by atoms with Crippen LogP contribution in [0.25, 0.3) is 167 Å². The molecule has 0 saturated carbocycles. The van der Waals surface area contributed by atoms with Gasteiger partial charge in [0.2, 0.25) is 17.1 Å². The Kier molecular flexibility index (Phi) is 31.0. The number of ketones is 3. The van der Waals surface area contributed by atoms with Crippen LogP contribution in [0.2, 0.25) is 0 Å². The minimum absolute atomic E-state index is 0. The van der Waals surface area contributed by atoms with E-state index in [-0.39, 0.29) is 111 Å². The van der Waals surface area contributed by atoms with E-state index in [0.717, 1.165) is 167 Å². The Balaban J connectivity index is 0.000000178. The molecule has 6 aromatic carbocycles. The molecule has 0 aliphatic heterocycles. The van der Waals surface area contributed by atoms with Crippen molar-refractivity contribution in [3.63, 3.8) is 0 Å². The van der Waals surface area contributed by atoms with Gasteiger partial charge in [0.1, 0.15) is 17.3 Å². The van der Waals surface area contributed by atoms with Crippen LogP contribution in [0.5, 0.6) is 0 Å². The smallest absolute Gasteiger partial charge is 0.216 e. The second-order valence-electron chi connectivity index (χ2n) is 35.2. The Bertz CT molecular complexity index is 7140. The van der Waals surface area contributed by atoms with Crippen LogP contribution < -0.4 is 0 Å². The molecule has 128 heavy (non-hydrogen) atoms.